The minimum absolute atomic E-state index is 0.0412. The summed E-state index contributed by atoms with van der Waals surface area (Å²) < 4.78 is 0. The molecule has 2 aliphatic heterocycles. The topological polar surface area (TPSA) is 107 Å². The van der Waals surface area contributed by atoms with Crippen LogP contribution in [-0.2, 0) is 0 Å². The largest absolute Gasteiger partial charge is 0.506 e. The van der Waals surface area contributed by atoms with Crippen LogP contribution < -0.4 is 20.4 Å². The predicted octanol–water partition coefficient (Wildman–Crippen LogP) is 4.47. The molecule has 0 unspecified atom stereocenters. The maximum Gasteiger partial charge on any atom is 0.255 e. The highest BCUT2D eigenvalue weighted by Crippen LogP contribution is 2.30. The highest BCUT2D eigenvalue weighted by Gasteiger charge is 2.21. The van der Waals surface area contributed by atoms with E-state index in [1.165, 1.54) is 6.42 Å². The number of nitrogens with one attached hydrogen (secondary N) is 2. The molecule has 9 heteroatoms. The molecule has 2 aliphatic rings. The number of phenols is 1. The van der Waals surface area contributed by atoms with Gasteiger partial charge in [-0.3, -0.25) is 4.79 Å². The Morgan fingerprint density at radius 3 is 2.03 bits per heavy atom. The van der Waals surface area contributed by atoms with Crippen molar-refractivity contribution in [3.05, 3.63) is 53.6 Å². The zero-order chi connectivity index (χ0) is 24.2. The van der Waals surface area contributed by atoms with Crippen LogP contribution in [0.15, 0.2) is 42.5 Å². The molecule has 0 saturated carbocycles. The van der Waals surface area contributed by atoms with Gasteiger partial charge in [0.25, 0.3) is 5.91 Å². The first kappa shape index (κ1) is 22.9. The standard InChI is InChI=1S/C26H31N7O2/c1-18-7-9-19(10-8-18)23(35)28-21-12-11-20(17-22(21)34)27-24-29-25(32-13-3-2-4-14-32)31-26(30-24)33-15-5-6-16-33/h7-12,17,34H,2-6,13-16H2,1H3,(H,28,35)(H,27,29,30,31). The van der Waals surface area contributed by atoms with Crippen molar-refractivity contribution < 1.29 is 9.90 Å². The van der Waals surface area contributed by atoms with Gasteiger partial charge in [-0.1, -0.05) is 17.7 Å². The van der Waals surface area contributed by atoms with Gasteiger partial charge in [-0.25, -0.2) is 0 Å². The molecule has 3 aromatic rings. The number of amides is 1. The van der Waals surface area contributed by atoms with Crippen molar-refractivity contribution in [1.82, 2.24) is 15.0 Å². The Morgan fingerprint density at radius 1 is 0.829 bits per heavy atom. The van der Waals surface area contributed by atoms with Gasteiger partial charge in [-0.05, 0) is 63.3 Å². The monoisotopic (exact) mass is 473 g/mol. The minimum atomic E-state index is -0.278. The van der Waals surface area contributed by atoms with E-state index in [1.54, 1.807) is 30.3 Å². The number of phenolic OH excluding ortho intramolecular Hbond substituents is 1. The Labute approximate surface area is 205 Å². The quantitative estimate of drug-likeness (QED) is 0.450. The third-order valence-corrected chi connectivity index (χ3v) is 6.46. The van der Waals surface area contributed by atoms with Crippen molar-refractivity contribution in [2.24, 2.45) is 0 Å². The van der Waals surface area contributed by atoms with Crippen LogP contribution in [0.4, 0.5) is 29.2 Å². The molecular weight excluding hydrogens is 442 g/mol. The van der Waals surface area contributed by atoms with Crippen molar-refractivity contribution in [1.29, 1.82) is 0 Å². The number of hydrogen-bond donors (Lipinski definition) is 3. The molecule has 2 fully saturated rings. The van der Waals surface area contributed by atoms with Crippen LogP contribution in [0, 0.1) is 6.92 Å². The fraction of sp³-hybridized carbons (Fsp3) is 0.385. The van der Waals surface area contributed by atoms with Gasteiger partial charge in [0, 0.05) is 43.5 Å². The summed E-state index contributed by atoms with van der Waals surface area (Å²) in [5.41, 5.74) is 2.57. The highest BCUT2D eigenvalue weighted by molar-refractivity contribution is 6.05. The van der Waals surface area contributed by atoms with Crippen molar-refractivity contribution in [2.75, 3.05) is 46.6 Å². The van der Waals surface area contributed by atoms with Crippen LogP contribution in [0.5, 0.6) is 5.75 Å². The highest BCUT2D eigenvalue weighted by atomic mass is 16.3. The zero-order valence-electron chi connectivity index (χ0n) is 20.0. The van der Waals surface area contributed by atoms with E-state index >= 15 is 0 Å². The SMILES string of the molecule is Cc1ccc(C(=O)Nc2ccc(Nc3nc(N4CCCCC4)nc(N4CCCC4)n3)cc2O)cc1. The first-order valence-corrected chi connectivity index (χ1v) is 12.3. The van der Waals surface area contributed by atoms with Gasteiger partial charge in [-0.15, -0.1) is 0 Å². The van der Waals surface area contributed by atoms with Crippen LogP contribution in [0.1, 0.15) is 48.0 Å². The lowest BCUT2D eigenvalue weighted by molar-refractivity contribution is 0.102. The zero-order valence-corrected chi connectivity index (χ0v) is 20.0. The Bertz CT molecular complexity index is 1190. The fourth-order valence-electron chi connectivity index (χ4n) is 4.45. The van der Waals surface area contributed by atoms with Gasteiger partial charge < -0.3 is 25.5 Å². The Morgan fingerprint density at radius 2 is 1.43 bits per heavy atom. The normalized spacial score (nSPS) is 15.8. The van der Waals surface area contributed by atoms with Crippen molar-refractivity contribution in [2.45, 2.75) is 39.0 Å². The molecule has 35 heavy (non-hydrogen) atoms. The van der Waals surface area contributed by atoms with Crippen LogP contribution in [0.25, 0.3) is 0 Å². The summed E-state index contributed by atoms with van der Waals surface area (Å²) in [6, 6.07) is 12.3. The third-order valence-electron chi connectivity index (χ3n) is 6.46. The second kappa shape index (κ2) is 10.2. The molecule has 0 bridgehead atoms. The van der Waals surface area contributed by atoms with E-state index in [9.17, 15) is 9.90 Å². The number of rotatable bonds is 6. The average molecular weight is 474 g/mol. The van der Waals surface area contributed by atoms with Crippen LogP contribution in [0.2, 0.25) is 0 Å². The van der Waals surface area contributed by atoms with E-state index < -0.39 is 0 Å². The Kier molecular flexibility index (Phi) is 6.65. The lowest BCUT2D eigenvalue weighted by Gasteiger charge is -2.27. The fourth-order valence-corrected chi connectivity index (χ4v) is 4.45. The predicted molar refractivity (Wildman–Crippen MR) is 138 cm³/mol. The average Bonchev–Trinajstić information content (AvgIpc) is 3.42. The lowest BCUT2D eigenvalue weighted by atomic mass is 10.1. The lowest BCUT2D eigenvalue weighted by Crippen LogP contribution is -2.32. The molecule has 1 amide bonds. The maximum absolute atomic E-state index is 12.5. The van der Waals surface area contributed by atoms with Gasteiger partial charge in [-0.2, -0.15) is 15.0 Å². The number of piperidine rings is 1. The Hall–Kier alpha value is -3.88. The molecule has 2 aromatic carbocycles. The number of aromatic hydroxyl groups is 1. The molecule has 3 N–H and O–H groups in total. The molecule has 0 spiro atoms. The first-order chi connectivity index (χ1) is 17.0. The van der Waals surface area contributed by atoms with Gasteiger partial charge >= 0.3 is 0 Å². The second-order valence-corrected chi connectivity index (χ2v) is 9.18. The second-order valence-electron chi connectivity index (χ2n) is 9.18. The third kappa shape index (κ3) is 5.45. The summed E-state index contributed by atoms with van der Waals surface area (Å²) in [4.78, 5) is 31.1. The molecule has 5 rings (SSSR count). The number of aryl methyl sites for hydroxylation is 1. The summed E-state index contributed by atoms with van der Waals surface area (Å²) in [5.74, 6) is 1.50. The molecule has 3 heterocycles. The summed E-state index contributed by atoms with van der Waals surface area (Å²) in [6.45, 7) is 5.74. The van der Waals surface area contributed by atoms with Crippen LogP contribution in [0.3, 0.4) is 0 Å². The van der Waals surface area contributed by atoms with E-state index in [-0.39, 0.29) is 11.7 Å². The molecule has 1 aromatic heterocycles. The Balaban J connectivity index is 1.35. The van der Waals surface area contributed by atoms with Crippen molar-refractivity contribution in [3.8, 4) is 5.75 Å². The number of anilines is 5. The smallest absolute Gasteiger partial charge is 0.255 e. The maximum atomic E-state index is 12.5. The number of carbonyl (C=O) groups excluding carboxylic acids is 1. The number of hydrogen-bond acceptors (Lipinski definition) is 8. The molecule has 0 atom stereocenters. The summed E-state index contributed by atoms with van der Waals surface area (Å²) in [7, 11) is 0. The molecule has 2 saturated heterocycles. The number of aromatic nitrogens is 3. The molecule has 0 aliphatic carbocycles. The summed E-state index contributed by atoms with van der Waals surface area (Å²) >= 11 is 0. The van der Waals surface area contributed by atoms with Gasteiger partial charge in [0.05, 0.1) is 5.69 Å². The van der Waals surface area contributed by atoms with Gasteiger partial charge in [0.2, 0.25) is 17.8 Å². The van der Waals surface area contributed by atoms with Crippen molar-refractivity contribution in [3.63, 3.8) is 0 Å². The molecule has 9 nitrogen and oxygen atoms in total. The van der Waals surface area contributed by atoms with Crippen LogP contribution >= 0.6 is 0 Å². The van der Waals surface area contributed by atoms with E-state index in [2.05, 4.69) is 30.4 Å². The van der Waals surface area contributed by atoms with Gasteiger partial charge in [0.1, 0.15) is 5.75 Å². The van der Waals surface area contributed by atoms with Crippen molar-refractivity contribution >= 4 is 35.1 Å². The summed E-state index contributed by atoms with van der Waals surface area (Å²) in [6.07, 6.45) is 5.78. The van der Waals surface area contributed by atoms with E-state index in [4.69, 9.17) is 4.98 Å². The van der Waals surface area contributed by atoms with E-state index in [0.717, 1.165) is 57.4 Å². The number of benzene rings is 2. The minimum Gasteiger partial charge on any atom is -0.506 e. The number of nitrogens with zero attached hydrogens (tertiary/aromatic N) is 5. The summed E-state index contributed by atoms with van der Waals surface area (Å²) in [5, 5.41) is 16.6. The molecule has 182 valence electrons. The van der Waals surface area contributed by atoms with Crippen LogP contribution in [-0.4, -0.2) is 52.1 Å². The number of carbonyl (C=O) groups is 1. The molecule has 0 radical (unpaired) electrons. The van der Waals surface area contributed by atoms with Gasteiger partial charge in [0.15, 0.2) is 0 Å². The van der Waals surface area contributed by atoms with E-state index in [1.807, 2.05) is 19.1 Å². The molecular formula is C26H31N7O2. The first-order valence-electron chi connectivity index (χ1n) is 12.3. The van der Waals surface area contributed by atoms with E-state index in [0.29, 0.717) is 34.8 Å².